The molecule has 9 heteroatoms. The van der Waals surface area contributed by atoms with Crippen LogP contribution in [0.15, 0.2) is 47.7 Å². The molecule has 1 aliphatic rings. The summed E-state index contributed by atoms with van der Waals surface area (Å²) < 4.78 is 19.0. The standard InChI is InChI=1S/C24H37N5O3.HI/c1-20(2)32-22-10-8-21(9-11-22)28-24(25-12-4-15-29-16-5-14-27-29)26-13-6-17-30-19-23-7-3-18-31-23;/h5,8-11,14,16,20,23H,3-4,6-7,12-13,15,17-19H2,1-2H3,(H2,25,26,28);1H. The molecule has 1 saturated heterocycles. The van der Waals surface area contributed by atoms with Crippen molar-refractivity contribution in [1.82, 2.24) is 15.1 Å². The van der Waals surface area contributed by atoms with Crippen LogP contribution >= 0.6 is 24.0 Å². The van der Waals surface area contributed by atoms with E-state index in [1.54, 1.807) is 6.20 Å². The number of rotatable bonds is 13. The monoisotopic (exact) mass is 571 g/mol. The van der Waals surface area contributed by atoms with E-state index in [0.29, 0.717) is 19.8 Å². The molecular weight excluding hydrogens is 533 g/mol. The number of ether oxygens (including phenoxy) is 3. The largest absolute Gasteiger partial charge is 0.491 e. The zero-order valence-electron chi connectivity index (χ0n) is 19.7. The molecule has 2 N–H and O–H groups in total. The van der Waals surface area contributed by atoms with Crippen molar-refractivity contribution in [3.8, 4) is 5.75 Å². The summed E-state index contributed by atoms with van der Waals surface area (Å²) >= 11 is 0. The second kappa shape index (κ2) is 15.9. The molecular formula is C24H38IN5O3. The maximum Gasteiger partial charge on any atom is 0.195 e. The minimum atomic E-state index is 0. The van der Waals surface area contributed by atoms with E-state index < -0.39 is 0 Å². The third-order valence-corrected chi connectivity index (χ3v) is 4.95. The van der Waals surface area contributed by atoms with Gasteiger partial charge in [0, 0.05) is 50.9 Å². The van der Waals surface area contributed by atoms with Gasteiger partial charge in [0.1, 0.15) is 5.75 Å². The summed E-state index contributed by atoms with van der Waals surface area (Å²) in [6.45, 7) is 8.65. The van der Waals surface area contributed by atoms with E-state index in [4.69, 9.17) is 19.2 Å². The minimum absolute atomic E-state index is 0. The van der Waals surface area contributed by atoms with Crippen molar-refractivity contribution in [1.29, 1.82) is 0 Å². The number of nitrogens with zero attached hydrogens (tertiary/aromatic N) is 3. The molecule has 0 aliphatic carbocycles. The second-order valence-corrected chi connectivity index (χ2v) is 8.16. The third kappa shape index (κ3) is 11.2. The first-order chi connectivity index (χ1) is 15.7. The number of aliphatic imine (C=N–C) groups is 1. The van der Waals surface area contributed by atoms with Gasteiger partial charge in [-0.15, -0.1) is 24.0 Å². The average Bonchev–Trinajstić information content (AvgIpc) is 3.48. The van der Waals surface area contributed by atoms with Crippen LogP contribution in [0.1, 0.15) is 39.5 Å². The van der Waals surface area contributed by atoms with Crippen LogP contribution in [0.25, 0.3) is 0 Å². The maximum absolute atomic E-state index is 5.75. The molecule has 0 amide bonds. The van der Waals surface area contributed by atoms with Crippen molar-refractivity contribution in [2.75, 3.05) is 38.2 Å². The molecule has 0 spiro atoms. The first-order valence-corrected chi connectivity index (χ1v) is 11.7. The van der Waals surface area contributed by atoms with E-state index in [9.17, 15) is 0 Å². The molecule has 1 fully saturated rings. The van der Waals surface area contributed by atoms with E-state index in [1.807, 2.05) is 55.1 Å². The highest BCUT2D eigenvalue weighted by Gasteiger charge is 2.14. The molecule has 1 unspecified atom stereocenters. The summed E-state index contributed by atoms with van der Waals surface area (Å²) in [7, 11) is 0. The quantitative estimate of drug-likeness (QED) is 0.161. The van der Waals surface area contributed by atoms with Crippen LogP contribution in [-0.2, 0) is 16.0 Å². The van der Waals surface area contributed by atoms with Crippen molar-refractivity contribution in [2.24, 2.45) is 4.99 Å². The van der Waals surface area contributed by atoms with E-state index in [-0.39, 0.29) is 36.2 Å². The molecule has 0 radical (unpaired) electrons. The number of nitrogens with one attached hydrogen (secondary N) is 2. The Hall–Kier alpha value is -1.85. The predicted molar refractivity (Wildman–Crippen MR) is 143 cm³/mol. The van der Waals surface area contributed by atoms with Crippen LogP contribution in [0.3, 0.4) is 0 Å². The van der Waals surface area contributed by atoms with Gasteiger partial charge in [-0.2, -0.15) is 5.10 Å². The van der Waals surface area contributed by atoms with Gasteiger partial charge in [-0.1, -0.05) is 0 Å². The van der Waals surface area contributed by atoms with Crippen LogP contribution in [0.5, 0.6) is 5.75 Å². The Morgan fingerprint density at radius 3 is 2.82 bits per heavy atom. The van der Waals surface area contributed by atoms with Crippen molar-refractivity contribution in [3.63, 3.8) is 0 Å². The Kier molecular flexibility index (Phi) is 13.2. The molecule has 0 bridgehead atoms. The smallest absolute Gasteiger partial charge is 0.195 e. The summed E-state index contributed by atoms with van der Waals surface area (Å²) in [6.07, 6.45) is 8.28. The van der Waals surface area contributed by atoms with Gasteiger partial charge in [-0.05, 0) is 69.9 Å². The topological polar surface area (TPSA) is 81.9 Å². The van der Waals surface area contributed by atoms with Gasteiger partial charge >= 0.3 is 0 Å². The summed E-state index contributed by atoms with van der Waals surface area (Å²) in [5.41, 5.74) is 0.967. The van der Waals surface area contributed by atoms with Gasteiger partial charge in [0.15, 0.2) is 5.96 Å². The number of hydrogen-bond acceptors (Lipinski definition) is 5. The van der Waals surface area contributed by atoms with Gasteiger partial charge in [0.25, 0.3) is 0 Å². The number of aryl methyl sites for hydroxylation is 1. The van der Waals surface area contributed by atoms with Crippen molar-refractivity contribution >= 4 is 35.6 Å². The van der Waals surface area contributed by atoms with Crippen LogP contribution in [0.2, 0.25) is 0 Å². The van der Waals surface area contributed by atoms with Gasteiger partial charge in [0.05, 0.1) is 18.8 Å². The molecule has 33 heavy (non-hydrogen) atoms. The Morgan fingerprint density at radius 2 is 2.12 bits per heavy atom. The lowest BCUT2D eigenvalue weighted by Gasteiger charge is -2.15. The van der Waals surface area contributed by atoms with Crippen LogP contribution in [0.4, 0.5) is 5.69 Å². The third-order valence-electron chi connectivity index (χ3n) is 4.95. The average molecular weight is 572 g/mol. The fourth-order valence-electron chi connectivity index (χ4n) is 3.39. The molecule has 1 aliphatic heterocycles. The molecule has 3 rings (SSSR count). The molecule has 1 atom stereocenters. The summed E-state index contributed by atoms with van der Waals surface area (Å²) in [6, 6.07) is 9.88. The lowest BCUT2D eigenvalue weighted by Crippen LogP contribution is -2.32. The number of aromatic nitrogens is 2. The fraction of sp³-hybridized carbons (Fsp3) is 0.583. The molecule has 184 valence electrons. The number of anilines is 1. The lowest BCUT2D eigenvalue weighted by atomic mass is 10.2. The normalized spacial score (nSPS) is 16.0. The summed E-state index contributed by atoms with van der Waals surface area (Å²) in [4.78, 5) is 4.73. The van der Waals surface area contributed by atoms with Crippen LogP contribution < -0.4 is 15.4 Å². The van der Waals surface area contributed by atoms with Crippen LogP contribution in [-0.4, -0.2) is 60.9 Å². The van der Waals surface area contributed by atoms with Crippen molar-refractivity contribution < 1.29 is 14.2 Å². The summed E-state index contributed by atoms with van der Waals surface area (Å²) in [5, 5.41) is 11.0. The van der Waals surface area contributed by atoms with E-state index in [0.717, 1.165) is 62.8 Å². The van der Waals surface area contributed by atoms with E-state index in [1.165, 1.54) is 0 Å². The zero-order valence-corrected chi connectivity index (χ0v) is 22.1. The molecule has 0 saturated carbocycles. The van der Waals surface area contributed by atoms with Crippen molar-refractivity contribution in [2.45, 2.75) is 58.3 Å². The maximum atomic E-state index is 5.75. The van der Waals surface area contributed by atoms with E-state index in [2.05, 4.69) is 15.7 Å². The molecule has 1 aromatic carbocycles. The SMILES string of the molecule is CC(C)Oc1ccc(NC(=NCCCn2cccn2)NCCCOCC2CCCO2)cc1.I. The molecule has 8 nitrogen and oxygen atoms in total. The highest BCUT2D eigenvalue weighted by molar-refractivity contribution is 14.0. The molecule has 1 aromatic heterocycles. The highest BCUT2D eigenvalue weighted by atomic mass is 127. The van der Waals surface area contributed by atoms with E-state index >= 15 is 0 Å². The number of hydrogen-bond donors (Lipinski definition) is 2. The van der Waals surface area contributed by atoms with Crippen LogP contribution in [0, 0.1) is 0 Å². The van der Waals surface area contributed by atoms with Gasteiger partial charge in [0.2, 0.25) is 0 Å². The van der Waals surface area contributed by atoms with Gasteiger partial charge in [-0.25, -0.2) is 0 Å². The first-order valence-electron chi connectivity index (χ1n) is 11.7. The van der Waals surface area contributed by atoms with Gasteiger partial charge < -0.3 is 24.8 Å². The zero-order chi connectivity index (χ0) is 22.4. The number of halogens is 1. The van der Waals surface area contributed by atoms with Crippen molar-refractivity contribution in [3.05, 3.63) is 42.7 Å². The lowest BCUT2D eigenvalue weighted by molar-refractivity contribution is 0.0168. The predicted octanol–water partition coefficient (Wildman–Crippen LogP) is 4.32. The Bertz CT molecular complexity index is 778. The molecule has 2 aromatic rings. The Morgan fingerprint density at radius 1 is 1.27 bits per heavy atom. The molecule has 2 heterocycles. The minimum Gasteiger partial charge on any atom is -0.491 e. The number of guanidine groups is 1. The Balaban J connectivity index is 0.00000385. The second-order valence-electron chi connectivity index (χ2n) is 8.16. The highest BCUT2D eigenvalue weighted by Crippen LogP contribution is 2.17. The fourth-order valence-corrected chi connectivity index (χ4v) is 3.39. The number of benzene rings is 1. The first kappa shape index (κ1) is 27.4. The Labute approximate surface area is 214 Å². The van der Waals surface area contributed by atoms with Gasteiger partial charge in [-0.3, -0.25) is 9.67 Å². The summed E-state index contributed by atoms with van der Waals surface area (Å²) in [5.74, 6) is 1.63.